The molecule has 0 aromatic rings. The lowest BCUT2D eigenvalue weighted by molar-refractivity contribution is -0.132. The average Bonchev–Trinajstić information content (AvgIpc) is 2.99. The normalized spacial score (nSPS) is 14.9. The Morgan fingerprint density at radius 2 is 0.976 bits per heavy atom. The predicted molar refractivity (Wildman–Crippen MR) is 177 cm³/mol. The number of rotatable bonds is 31. The highest BCUT2D eigenvalue weighted by atomic mass is 16.3. The third kappa shape index (κ3) is 25.3. The van der Waals surface area contributed by atoms with Crippen LogP contribution < -0.4 is 5.32 Å². The summed E-state index contributed by atoms with van der Waals surface area (Å²) in [5.41, 5.74) is 0. The molecule has 4 unspecified atom stereocenters. The first kappa shape index (κ1) is 40.8. The number of aliphatic hydroxyl groups excluding tert-OH is 4. The molecule has 5 N–H and O–H groups in total. The largest absolute Gasteiger partial charge is 0.394 e. The van der Waals surface area contributed by atoms with E-state index in [2.05, 4.69) is 43.5 Å². The van der Waals surface area contributed by atoms with Gasteiger partial charge in [-0.15, -0.1) is 0 Å². The Kier molecular flexibility index (Phi) is 30.3. The number of hydrogen-bond donors (Lipinski definition) is 5. The summed E-state index contributed by atoms with van der Waals surface area (Å²) < 4.78 is 0. The smallest absolute Gasteiger partial charge is 0.249 e. The van der Waals surface area contributed by atoms with E-state index in [1.807, 2.05) is 0 Å². The van der Waals surface area contributed by atoms with Crippen LogP contribution in [0.25, 0.3) is 0 Å². The van der Waals surface area contributed by atoms with E-state index in [-0.39, 0.29) is 0 Å². The van der Waals surface area contributed by atoms with Crippen molar-refractivity contribution < 1.29 is 25.2 Å². The predicted octanol–water partition coefficient (Wildman–Crippen LogP) is 8.06. The summed E-state index contributed by atoms with van der Waals surface area (Å²) >= 11 is 0. The molecule has 0 aromatic heterocycles. The van der Waals surface area contributed by atoms with Crippen LogP contribution in [0.15, 0.2) is 24.3 Å². The third-order valence-electron chi connectivity index (χ3n) is 8.13. The highest BCUT2D eigenvalue weighted by molar-refractivity contribution is 5.80. The molecule has 0 aromatic carbocycles. The minimum atomic E-state index is -1.28. The number of nitrogens with one attached hydrogen (secondary N) is 1. The second-order valence-electron chi connectivity index (χ2n) is 12.2. The van der Waals surface area contributed by atoms with Crippen molar-refractivity contribution in [2.75, 3.05) is 6.61 Å². The summed E-state index contributed by atoms with van der Waals surface area (Å²) in [6.07, 6.45) is 31.9. The van der Waals surface area contributed by atoms with Gasteiger partial charge < -0.3 is 25.7 Å². The first-order valence-electron chi connectivity index (χ1n) is 17.7. The van der Waals surface area contributed by atoms with Crippen LogP contribution in [0.1, 0.15) is 168 Å². The maximum atomic E-state index is 12.4. The Balaban J connectivity index is 3.90. The molecule has 0 radical (unpaired) electrons. The number of hydrogen-bond acceptors (Lipinski definition) is 5. The fourth-order valence-electron chi connectivity index (χ4n) is 5.22. The molecule has 4 atom stereocenters. The van der Waals surface area contributed by atoms with Crippen molar-refractivity contribution in [2.24, 2.45) is 0 Å². The minimum absolute atomic E-state index is 0.356. The molecule has 0 saturated heterocycles. The molecule has 6 nitrogen and oxygen atoms in total. The van der Waals surface area contributed by atoms with E-state index in [0.29, 0.717) is 12.8 Å². The number of allylic oxidation sites excluding steroid dienone is 4. The van der Waals surface area contributed by atoms with Crippen LogP contribution in [0, 0.1) is 0 Å². The van der Waals surface area contributed by atoms with E-state index in [1.54, 1.807) is 0 Å². The zero-order valence-corrected chi connectivity index (χ0v) is 27.5. The zero-order valence-electron chi connectivity index (χ0n) is 27.5. The van der Waals surface area contributed by atoms with Gasteiger partial charge in [0.25, 0.3) is 0 Å². The number of aliphatic hydroxyl groups is 4. The molecule has 0 fully saturated rings. The zero-order chi connectivity index (χ0) is 31.1. The van der Waals surface area contributed by atoms with Crippen molar-refractivity contribution in [3.63, 3.8) is 0 Å². The Morgan fingerprint density at radius 3 is 1.45 bits per heavy atom. The summed E-state index contributed by atoms with van der Waals surface area (Å²) in [6, 6.07) is -1.000. The number of unbranched alkanes of at least 4 members (excludes halogenated alkanes) is 18. The van der Waals surface area contributed by atoms with Crippen molar-refractivity contribution in [3.8, 4) is 0 Å². The Hall–Kier alpha value is -1.21. The van der Waals surface area contributed by atoms with Crippen molar-refractivity contribution >= 4 is 5.91 Å². The molecule has 0 aliphatic heterocycles. The quantitative estimate of drug-likeness (QED) is 0.0411. The van der Waals surface area contributed by atoms with Crippen LogP contribution in [-0.4, -0.2) is 57.3 Å². The van der Waals surface area contributed by atoms with Gasteiger partial charge in [-0.2, -0.15) is 0 Å². The highest BCUT2D eigenvalue weighted by Gasteiger charge is 2.28. The molecule has 0 rings (SSSR count). The summed E-state index contributed by atoms with van der Waals surface area (Å²) in [5.74, 6) is -0.602. The summed E-state index contributed by atoms with van der Waals surface area (Å²) in [5, 5.41) is 43.3. The summed E-state index contributed by atoms with van der Waals surface area (Å²) in [7, 11) is 0. The lowest BCUT2D eigenvalue weighted by atomic mass is 10.00. The Bertz CT molecular complexity index is 638. The van der Waals surface area contributed by atoms with Gasteiger partial charge in [0.15, 0.2) is 0 Å². The van der Waals surface area contributed by atoms with Crippen LogP contribution in [0.4, 0.5) is 0 Å². The van der Waals surface area contributed by atoms with Gasteiger partial charge in [-0.05, 0) is 64.2 Å². The molecule has 0 bridgehead atoms. The third-order valence-corrected chi connectivity index (χ3v) is 8.13. The Labute approximate surface area is 259 Å². The molecule has 0 aliphatic carbocycles. The lowest BCUT2D eigenvalue weighted by Crippen LogP contribution is -2.53. The molecule has 42 heavy (non-hydrogen) atoms. The molecule has 0 heterocycles. The number of carbonyl (C=O) groups is 1. The molecule has 248 valence electrons. The van der Waals surface area contributed by atoms with Gasteiger partial charge in [-0.25, -0.2) is 0 Å². The minimum Gasteiger partial charge on any atom is -0.394 e. The summed E-state index contributed by atoms with van der Waals surface area (Å²) in [6.45, 7) is 3.98. The molecule has 0 aliphatic rings. The van der Waals surface area contributed by atoms with Gasteiger partial charge in [0, 0.05) is 0 Å². The van der Waals surface area contributed by atoms with Crippen LogP contribution in [0.5, 0.6) is 0 Å². The van der Waals surface area contributed by atoms with Crippen LogP contribution >= 0.6 is 0 Å². The van der Waals surface area contributed by atoms with Crippen LogP contribution in [-0.2, 0) is 4.79 Å². The van der Waals surface area contributed by atoms with E-state index in [4.69, 9.17) is 0 Å². The van der Waals surface area contributed by atoms with E-state index in [1.165, 1.54) is 89.9 Å². The van der Waals surface area contributed by atoms with Crippen LogP contribution in [0.2, 0.25) is 0 Å². The second kappa shape index (κ2) is 31.2. The first-order valence-corrected chi connectivity index (χ1v) is 17.7. The standard InChI is InChI=1S/C36H69NO5/c1-3-5-7-9-11-13-15-17-18-20-22-24-26-28-30-34(40)36(42)37-32(31-38)35(41)33(39)29-27-25-23-21-19-16-14-12-10-8-6-4-2/h13,15,21,23,32-35,38-41H,3-12,14,16-20,22,24-31H2,1-2H3,(H,37,42)/b15-13-,23-21+. The van der Waals surface area contributed by atoms with Crippen molar-refractivity contribution in [1.82, 2.24) is 5.32 Å². The van der Waals surface area contributed by atoms with E-state index < -0.39 is 36.9 Å². The van der Waals surface area contributed by atoms with E-state index in [0.717, 1.165) is 51.4 Å². The van der Waals surface area contributed by atoms with E-state index >= 15 is 0 Å². The fraction of sp³-hybridized carbons (Fsp3) is 0.861. The molecule has 6 heteroatoms. The second-order valence-corrected chi connectivity index (χ2v) is 12.2. The maximum absolute atomic E-state index is 12.4. The van der Waals surface area contributed by atoms with Crippen molar-refractivity contribution in [3.05, 3.63) is 24.3 Å². The molecular formula is C36H69NO5. The number of carbonyl (C=O) groups excluding carboxylic acids is 1. The van der Waals surface area contributed by atoms with Gasteiger partial charge in [0.2, 0.25) is 5.91 Å². The highest BCUT2D eigenvalue weighted by Crippen LogP contribution is 2.13. The molecule has 0 saturated carbocycles. The SMILES string of the molecule is CCCCCC/C=C\CCCCCCCCC(O)C(=O)NC(CO)C(O)C(O)CCC/C=C/CCCCCCCCC. The summed E-state index contributed by atoms with van der Waals surface area (Å²) in [4.78, 5) is 12.4. The van der Waals surface area contributed by atoms with Gasteiger partial charge in [0.1, 0.15) is 12.2 Å². The topological polar surface area (TPSA) is 110 Å². The fourth-order valence-corrected chi connectivity index (χ4v) is 5.22. The molecular weight excluding hydrogens is 526 g/mol. The van der Waals surface area contributed by atoms with E-state index in [9.17, 15) is 25.2 Å². The van der Waals surface area contributed by atoms with Gasteiger partial charge >= 0.3 is 0 Å². The Morgan fingerprint density at radius 1 is 0.571 bits per heavy atom. The average molecular weight is 596 g/mol. The maximum Gasteiger partial charge on any atom is 0.249 e. The van der Waals surface area contributed by atoms with Gasteiger partial charge in [-0.3, -0.25) is 4.79 Å². The van der Waals surface area contributed by atoms with Crippen LogP contribution in [0.3, 0.4) is 0 Å². The first-order chi connectivity index (χ1) is 20.5. The van der Waals surface area contributed by atoms with Crippen molar-refractivity contribution in [2.45, 2.75) is 192 Å². The monoisotopic (exact) mass is 596 g/mol. The molecule has 1 amide bonds. The lowest BCUT2D eigenvalue weighted by Gasteiger charge is -2.27. The number of amides is 1. The van der Waals surface area contributed by atoms with Gasteiger partial charge in [0.05, 0.1) is 18.8 Å². The molecule has 0 spiro atoms. The van der Waals surface area contributed by atoms with Crippen molar-refractivity contribution in [1.29, 1.82) is 0 Å². The van der Waals surface area contributed by atoms with Gasteiger partial charge in [-0.1, -0.05) is 128 Å².